The van der Waals surface area contributed by atoms with Crippen molar-refractivity contribution in [3.8, 4) is 0 Å². The van der Waals surface area contributed by atoms with E-state index in [0.717, 1.165) is 32.1 Å². The predicted octanol–water partition coefficient (Wildman–Crippen LogP) is 7.38. The Hall–Kier alpha value is -0.140. The summed E-state index contributed by atoms with van der Waals surface area (Å²) in [4.78, 5) is 11.9. The highest BCUT2D eigenvalue weighted by molar-refractivity contribution is 7.09. The van der Waals surface area contributed by atoms with Gasteiger partial charge in [0.2, 0.25) is 0 Å². The number of carbonyl (C=O) groups is 1. The normalized spacial score (nSPS) is 12.3. The van der Waals surface area contributed by atoms with Crippen molar-refractivity contribution in [3.63, 3.8) is 0 Å². The van der Waals surface area contributed by atoms with Crippen molar-refractivity contribution in [1.29, 1.82) is 0 Å². The minimum atomic E-state index is -0.411. The molecule has 0 fully saturated rings. The Kier molecular flexibility index (Phi) is 21.0. The summed E-state index contributed by atoms with van der Waals surface area (Å²) < 4.78 is 10.5. The summed E-state index contributed by atoms with van der Waals surface area (Å²) >= 11 is 0. The lowest BCUT2D eigenvalue weighted by Crippen LogP contribution is -2.24. The second-order valence-corrected chi connectivity index (χ2v) is 7.80. The van der Waals surface area contributed by atoms with E-state index in [-0.39, 0.29) is 5.97 Å². The van der Waals surface area contributed by atoms with Gasteiger partial charge in [0.1, 0.15) is 0 Å². The molecule has 0 N–H and O–H groups in total. The van der Waals surface area contributed by atoms with Gasteiger partial charge in [0.15, 0.2) is 6.10 Å². The van der Waals surface area contributed by atoms with E-state index in [2.05, 4.69) is 23.3 Å². The van der Waals surface area contributed by atoms with Crippen LogP contribution in [0.2, 0.25) is 0 Å². The van der Waals surface area contributed by atoms with E-state index in [1.54, 1.807) is 0 Å². The fourth-order valence-electron chi connectivity index (χ4n) is 3.19. The molecule has 0 saturated heterocycles. The van der Waals surface area contributed by atoms with E-state index >= 15 is 0 Å². The first kappa shape index (κ1) is 25.9. The average Bonchev–Trinajstić information content (AvgIpc) is 2.65. The van der Waals surface area contributed by atoms with Gasteiger partial charge in [0.05, 0.1) is 6.61 Å². The van der Waals surface area contributed by atoms with Crippen LogP contribution in [-0.2, 0) is 14.1 Å². The SMILES string of the molecule is CCCCCCCCCCCCCCCCOC(=O)C(CCCC)OP. The van der Waals surface area contributed by atoms with Gasteiger partial charge in [-0.3, -0.25) is 0 Å². The zero-order valence-electron chi connectivity index (χ0n) is 17.6. The van der Waals surface area contributed by atoms with Crippen LogP contribution in [-0.4, -0.2) is 18.7 Å². The number of hydrogen-bond donors (Lipinski definition) is 0. The first-order valence-corrected chi connectivity index (χ1v) is 11.8. The number of rotatable bonds is 20. The molecule has 0 heterocycles. The van der Waals surface area contributed by atoms with Gasteiger partial charge in [-0.1, -0.05) is 110 Å². The van der Waals surface area contributed by atoms with Crippen molar-refractivity contribution in [2.45, 2.75) is 129 Å². The molecule has 0 aliphatic carbocycles. The summed E-state index contributed by atoms with van der Waals surface area (Å²) in [6.45, 7) is 4.92. The summed E-state index contributed by atoms with van der Waals surface area (Å²) in [6.07, 6.45) is 21.1. The van der Waals surface area contributed by atoms with E-state index in [9.17, 15) is 4.79 Å². The maximum atomic E-state index is 11.9. The molecule has 0 aliphatic heterocycles. The third kappa shape index (κ3) is 17.3. The van der Waals surface area contributed by atoms with Crippen LogP contribution in [0.25, 0.3) is 0 Å². The number of ether oxygens (including phenoxy) is 1. The minimum Gasteiger partial charge on any atom is -0.464 e. The van der Waals surface area contributed by atoms with Crippen molar-refractivity contribution >= 4 is 15.4 Å². The quantitative estimate of drug-likeness (QED) is 0.124. The maximum absolute atomic E-state index is 11.9. The largest absolute Gasteiger partial charge is 0.464 e. The lowest BCUT2D eigenvalue weighted by Gasteiger charge is -2.13. The molecular weight excluding hydrogens is 343 g/mol. The van der Waals surface area contributed by atoms with Gasteiger partial charge < -0.3 is 9.26 Å². The molecule has 26 heavy (non-hydrogen) atoms. The van der Waals surface area contributed by atoms with E-state index < -0.39 is 6.10 Å². The zero-order valence-corrected chi connectivity index (χ0v) is 18.8. The van der Waals surface area contributed by atoms with Gasteiger partial charge in [0, 0.05) is 9.47 Å². The molecule has 0 aromatic rings. The molecule has 0 radical (unpaired) electrons. The predicted molar refractivity (Wildman–Crippen MR) is 115 cm³/mol. The summed E-state index contributed by atoms with van der Waals surface area (Å²) in [5.41, 5.74) is 0. The minimum absolute atomic E-state index is 0.205. The molecule has 0 amide bonds. The Morgan fingerprint density at radius 3 is 1.54 bits per heavy atom. The number of esters is 1. The Balaban J connectivity index is 3.27. The van der Waals surface area contributed by atoms with E-state index in [1.807, 2.05) is 0 Å². The molecule has 3 nitrogen and oxygen atoms in total. The number of carbonyl (C=O) groups excluding carboxylic acids is 1. The maximum Gasteiger partial charge on any atom is 0.335 e. The van der Waals surface area contributed by atoms with E-state index in [4.69, 9.17) is 9.26 Å². The highest BCUT2D eigenvalue weighted by Crippen LogP contribution is 2.13. The number of hydrogen-bond acceptors (Lipinski definition) is 3. The highest BCUT2D eigenvalue weighted by atomic mass is 31.0. The van der Waals surface area contributed by atoms with Crippen LogP contribution in [0.3, 0.4) is 0 Å². The molecule has 0 saturated carbocycles. The first-order valence-electron chi connectivity index (χ1n) is 11.3. The second kappa shape index (κ2) is 21.2. The number of unbranched alkanes of at least 4 members (excludes halogenated alkanes) is 14. The molecule has 0 spiro atoms. The Morgan fingerprint density at radius 2 is 1.12 bits per heavy atom. The Labute approximate surface area is 165 Å². The average molecular weight is 389 g/mol. The van der Waals surface area contributed by atoms with Crippen molar-refractivity contribution in [1.82, 2.24) is 0 Å². The molecule has 2 atom stereocenters. The molecular formula is C22H45O3P. The molecule has 0 aromatic carbocycles. The monoisotopic (exact) mass is 388 g/mol. The smallest absolute Gasteiger partial charge is 0.335 e. The van der Waals surface area contributed by atoms with Crippen LogP contribution in [0.5, 0.6) is 0 Å². The lowest BCUT2D eigenvalue weighted by molar-refractivity contribution is -0.151. The summed E-state index contributed by atoms with van der Waals surface area (Å²) in [7, 11) is 2.19. The molecule has 0 aromatic heterocycles. The van der Waals surface area contributed by atoms with Crippen LogP contribution in [0.4, 0.5) is 0 Å². The fourth-order valence-corrected chi connectivity index (χ4v) is 3.44. The molecule has 0 bridgehead atoms. The molecule has 4 heteroatoms. The van der Waals surface area contributed by atoms with E-state index in [1.165, 1.54) is 77.0 Å². The Bertz CT molecular complexity index is 297. The van der Waals surface area contributed by atoms with Crippen LogP contribution in [0, 0.1) is 0 Å². The lowest BCUT2D eigenvalue weighted by atomic mass is 10.0. The molecule has 0 rings (SSSR count). The zero-order chi connectivity index (χ0) is 19.3. The first-order chi connectivity index (χ1) is 12.8. The third-order valence-electron chi connectivity index (χ3n) is 4.99. The van der Waals surface area contributed by atoms with Gasteiger partial charge >= 0.3 is 5.97 Å². The summed E-state index contributed by atoms with van der Waals surface area (Å²) in [5, 5.41) is 0. The van der Waals surface area contributed by atoms with Crippen LogP contribution in [0.15, 0.2) is 0 Å². The standard InChI is InChI=1S/C22H45O3P/c1-3-5-7-8-9-10-11-12-13-14-15-16-17-18-20-24-22(23)21(25-26)19-6-4-2/h21H,3-20,26H2,1-2H3. The van der Waals surface area contributed by atoms with Crippen molar-refractivity contribution in [3.05, 3.63) is 0 Å². The van der Waals surface area contributed by atoms with E-state index in [0.29, 0.717) is 6.61 Å². The molecule has 0 aliphatic rings. The fraction of sp³-hybridized carbons (Fsp3) is 0.955. The third-order valence-corrected chi connectivity index (χ3v) is 5.32. The van der Waals surface area contributed by atoms with Crippen LogP contribution < -0.4 is 0 Å². The van der Waals surface area contributed by atoms with Gasteiger partial charge in [-0.05, 0) is 12.8 Å². The van der Waals surface area contributed by atoms with Crippen LogP contribution in [0.1, 0.15) is 123 Å². The second-order valence-electron chi connectivity index (χ2n) is 7.53. The van der Waals surface area contributed by atoms with Crippen molar-refractivity contribution < 1.29 is 14.1 Å². The Morgan fingerprint density at radius 1 is 0.692 bits per heavy atom. The topological polar surface area (TPSA) is 35.5 Å². The van der Waals surface area contributed by atoms with Crippen LogP contribution >= 0.6 is 9.47 Å². The molecule has 2 unspecified atom stereocenters. The highest BCUT2D eigenvalue weighted by Gasteiger charge is 2.18. The van der Waals surface area contributed by atoms with Gasteiger partial charge in [-0.2, -0.15) is 0 Å². The van der Waals surface area contributed by atoms with Gasteiger partial charge in [-0.25, -0.2) is 4.79 Å². The van der Waals surface area contributed by atoms with Gasteiger partial charge in [-0.15, -0.1) is 0 Å². The van der Waals surface area contributed by atoms with Gasteiger partial charge in [0.25, 0.3) is 0 Å². The summed E-state index contributed by atoms with van der Waals surface area (Å²) in [6, 6.07) is 0. The van der Waals surface area contributed by atoms with Crippen molar-refractivity contribution in [2.24, 2.45) is 0 Å². The molecule has 156 valence electrons. The summed E-state index contributed by atoms with van der Waals surface area (Å²) in [5.74, 6) is -0.205. The van der Waals surface area contributed by atoms with Crippen molar-refractivity contribution in [2.75, 3.05) is 6.61 Å².